The Bertz CT molecular complexity index is 396. The molecule has 0 spiro atoms. The fourth-order valence-corrected chi connectivity index (χ4v) is 1.39. The summed E-state index contributed by atoms with van der Waals surface area (Å²) in [6, 6.07) is 2.99. The lowest BCUT2D eigenvalue weighted by molar-refractivity contribution is 0.100. The smallest absolute Gasteiger partial charge is 0.167 e. The zero-order chi connectivity index (χ0) is 12.3. The van der Waals surface area contributed by atoms with Crippen LogP contribution in [0.25, 0.3) is 0 Å². The topological polar surface area (TPSA) is 55.8 Å². The molecule has 1 aromatic rings. The molecule has 0 aliphatic rings. The van der Waals surface area contributed by atoms with Gasteiger partial charge >= 0.3 is 0 Å². The first-order valence-corrected chi connectivity index (χ1v) is 5.04. The lowest BCUT2D eigenvalue weighted by Gasteiger charge is -2.15. The van der Waals surface area contributed by atoms with E-state index < -0.39 is 0 Å². The number of phenols is 1. The van der Waals surface area contributed by atoms with Crippen molar-refractivity contribution in [3.63, 3.8) is 0 Å². The molecule has 0 amide bonds. The van der Waals surface area contributed by atoms with Gasteiger partial charge in [0.25, 0.3) is 0 Å². The Labute approximate surface area is 94.8 Å². The number of methoxy groups -OCH3 is 1. The monoisotopic (exact) mass is 224 g/mol. The minimum Gasteiger partial charge on any atom is -0.507 e. The molecule has 0 atom stereocenters. The molecule has 1 N–H and O–H groups in total. The Morgan fingerprint density at radius 1 is 1.38 bits per heavy atom. The van der Waals surface area contributed by atoms with Crippen molar-refractivity contribution < 1.29 is 19.4 Å². The van der Waals surface area contributed by atoms with Gasteiger partial charge in [0.2, 0.25) is 0 Å². The first-order chi connectivity index (χ1) is 7.45. The number of carbonyl (C=O) groups excluding carboxylic acids is 1. The Balaban J connectivity index is 3.28. The number of ketones is 1. The highest BCUT2D eigenvalue weighted by molar-refractivity contribution is 5.99. The first-order valence-electron chi connectivity index (χ1n) is 5.04. The van der Waals surface area contributed by atoms with Crippen LogP contribution in [0.5, 0.6) is 17.2 Å². The summed E-state index contributed by atoms with van der Waals surface area (Å²) in [4.78, 5) is 11.4. The number of benzene rings is 1. The van der Waals surface area contributed by atoms with Gasteiger partial charge in [-0.15, -0.1) is 0 Å². The van der Waals surface area contributed by atoms with Crippen molar-refractivity contribution in [1.82, 2.24) is 0 Å². The number of phenolic OH excluding ortho intramolecular Hbond substituents is 1. The molecule has 0 fully saturated rings. The van der Waals surface area contributed by atoms with Crippen LogP contribution >= 0.6 is 0 Å². The van der Waals surface area contributed by atoms with E-state index in [0.29, 0.717) is 11.5 Å². The summed E-state index contributed by atoms with van der Waals surface area (Å²) >= 11 is 0. The number of rotatable bonds is 4. The van der Waals surface area contributed by atoms with E-state index in [9.17, 15) is 9.90 Å². The standard InChI is InChI=1S/C12H16O4/c1-7(2)16-11-6-9(15-4)5-10(14)12(11)8(3)13/h5-7,14H,1-4H3. The van der Waals surface area contributed by atoms with Crippen molar-refractivity contribution in [3.05, 3.63) is 17.7 Å². The van der Waals surface area contributed by atoms with E-state index in [0.717, 1.165) is 0 Å². The highest BCUT2D eigenvalue weighted by Gasteiger charge is 2.17. The van der Waals surface area contributed by atoms with Gasteiger partial charge in [0, 0.05) is 12.1 Å². The van der Waals surface area contributed by atoms with E-state index in [4.69, 9.17) is 9.47 Å². The molecular weight excluding hydrogens is 208 g/mol. The van der Waals surface area contributed by atoms with E-state index in [1.807, 2.05) is 13.8 Å². The predicted molar refractivity (Wildman–Crippen MR) is 60.4 cm³/mol. The molecule has 0 heterocycles. The van der Waals surface area contributed by atoms with E-state index in [1.54, 1.807) is 6.07 Å². The number of hydrogen-bond acceptors (Lipinski definition) is 4. The third kappa shape index (κ3) is 2.66. The predicted octanol–water partition coefficient (Wildman–Crippen LogP) is 2.39. The molecule has 88 valence electrons. The van der Waals surface area contributed by atoms with Gasteiger partial charge in [0.05, 0.1) is 13.2 Å². The van der Waals surface area contributed by atoms with Gasteiger partial charge in [-0.2, -0.15) is 0 Å². The average molecular weight is 224 g/mol. The van der Waals surface area contributed by atoms with E-state index in [-0.39, 0.29) is 23.2 Å². The molecule has 0 saturated carbocycles. The lowest BCUT2D eigenvalue weighted by atomic mass is 10.1. The quantitative estimate of drug-likeness (QED) is 0.798. The van der Waals surface area contributed by atoms with E-state index in [1.165, 1.54) is 20.1 Å². The number of aromatic hydroxyl groups is 1. The largest absolute Gasteiger partial charge is 0.507 e. The molecule has 0 bridgehead atoms. The van der Waals surface area contributed by atoms with Gasteiger partial charge in [0.15, 0.2) is 5.78 Å². The fraction of sp³-hybridized carbons (Fsp3) is 0.417. The molecule has 16 heavy (non-hydrogen) atoms. The maximum Gasteiger partial charge on any atom is 0.167 e. The molecule has 0 aliphatic carbocycles. The van der Waals surface area contributed by atoms with Gasteiger partial charge in [-0.1, -0.05) is 0 Å². The maximum atomic E-state index is 11.4. The molecule has 0 radical (unpaired) electrons. The summed E-state index contributed by atoms with van der Waals surface area (Å²) in [7, 11) is 1.49. The summed E-state index contributed by atoms with van der Waals surface area (Å²) in [5.41, 5.74) is 0.189. The third-order valence-corrected chi connectivity index (χ3v) is 2.01. The molecule has 0 saturated heterocycles. The van der Waals surface area contributed by atoms with Crippen molar-refractivity contribution in [3.8, 4) is 17.2 Å². The minimum atomic E-state index is -0.240. The van der Waals surface area contributed by atoms with Crippen molar-refractivity contribution >= 4 is 5.78 Å². The van der Waals surface area contributed by atoms with Gasteiger partial charge < -0.3 is 14.6 Å². The van der Waals surface area contributed by atoms with Crippen LogP contribution in [0.2, 0.25) is 0 Å². The Morgan fingerprint density at radius 3 is 2.44 bits per heavy atom. The molecule has 1 rings (SSSR count). The minimum absolute atomic E-state index is 0.0791. The van der Waals surface area contributed by atoms with Crippen LogP contribution in [-0.2, 0) is 0 Å². The molecule has 0 unspecified atom stereocenters. The fourth-order valence-electron chi connectivity index (χ4n) is 1.39. The van der Waals surface area contributed by atoms with Gasteiger partial charge in [-0.25, -0.2) is 0 Å². The zero-order valence-corrected chi connectivity index (χ0v) is 9.90. The maximum absolute atomic E-state index is 11.4. The van der Waals surface area contributed by atoms with Crippen molar-refractivity contribution in [2.45, 2.75) is 26.9 Å². The summed E-state index contributed by atoms with van der Waals surface area (Å²) in [6.45, 7) is 5.08. The second-order valence-corrected chi connectivity index (χ2v) is 3.74. The molecular formula is C12H16O4. The summed E-state index contributed by atoms with van der Waals surface area (Å²) in [5.74, 6) is 0.441. The van der Waals surface area contributed by atoms with Crippen LogP contribution in [0.3, 0.4) is 0 Å². The van der Waals surface area contributed by atoms with Crippen LogP contribution in [0.1, 0.15) is 31.1 Å². The van der Waals surface area contributed by atoms with Gasteiger partial charge in [-0.05, 0) is 20.8 Å². The summed E-state index contributed by atoms with van der Waals surface area (Å²) < 4.78 is 10.5. The van der Waals surface area contributed by atoms with Crippen LogP contribution in [0.4, 0.5) is 0 Å². The van der Waals surface area contributed by atoms with E-state index >= 15 is 0 Å². The van der Waals surface area contributed by atoms with Crippen molar-refractivity contribution in [2.24, 2.45) is 0 Å². The SMILES string of the molecule is COc1cc(O)c(C(C)=O)c(OC(C)C)c1. The molecule has 1 aromatic carbocycles. The Kier molecular flexibility index (Phi) is 3.77. The first kappa shape index (κ1) is 12.4. The third-order valence-electron chi connectivity index (χ3n) is 2.01. The Morgan fingerprint density at radius 2 is 2.00 bits per heavy atom. The number of Topliss-reactive ketones (excluding diaryl/α,β-unsaturated/α-hetero) is 1. The molecule has 4 heteroatoms. The highest BCUT2D eigenvalue weighted by Crippen LogP contribution is 2.34. The highest BCUT2D eigenvalue weighted by atomic mass is 16.5. The lowest BCUT2D eigenvalue weighted by Crippen LogP contribution is -2.09. The van der Waals surface area contributed by atoms with Gasteiger partial charge in [0.1, 0.15) is 22.8 Å². The zero-order valence-electron chi connectivity index (χ0n) is 9.90. The van der Waals surface area contributed by atoms with Crippen molar-refractivity contribution in [2.75, 3.05) is 7.11 Å². The van der Waals surface area contributed by atoms with Crippen LogP contribution in [0, 0.1) is 0 Å². The van der Waals surface area contributed by atoms with Crippen LogP contribution in [-0.4, -0.2) is 24.1 Å². The van der Waals surface area contributed by atoms with E-state index in [2.05, 4.69) is 0 Å². The number of hydrogen-bond donors (Lipinski definition) is 1. The van der Waals surface area contributed by atoms with Crippen LogP contribution in [0.15, 0.2) is 12.1 Å². The van der Waals surface area contributed by atoms with Gasteiger partial charge in [-0.3, -0.25) is 4.79 Å². The second-order valence-electron chi connectivity index (χ2n) is 3.74. The molecule has 4 nitrogen and oxygen atoms in total. The number of ether oxygens (including phenoxy) is 2. The van der Waals surface area contributed by atoms with Crippen LogP contribution < -0.4 is 9.47 Å². The van der Waals surface area contributed by atoms with Crippen molar-refractivity contribution in [1.29, 1.82) is 0 Å². The number of carbonyl (C=O) groups is 1. The average Bonchev–Trinajstić information content (AvgIpc) is 2.14. The second kappa shape index (κ2) is 4.88. The molecule has 0 aliphatic heterocycles. The normalized spacial score (nSPS) is 10.3. The Hall–Kier alpha value is -1.71. The molecule has 0 aromatic heterocycles. The summed E-state index contributed by atoms with van der Waals surface area (Å²) in [5, 5.41) is 9.71. The summed E-state index contributed by atoms with van der Waals surface area (Å²) in [6.07, 6.45) is -0.0791.